The molecule has 0 spiro atoms. The van der Waals surface area contributed by atoms with Crippen LogP contribution in [0.3, 0.4) is 0 Å². The normalized spacial score (nSPS) is 13.3. The van der Waals surface area contributed by atoms with E-state index in [9.17, 15) is 9.59 Å². The van der Waals surface area contributed by atoms with Crippen molar-refractivity contribution in [3.8, 4) is 11.3 Å². The molecule has 2 N–H and O–H groups in total. The van der Waals surface area contributed by atoms with Crippen LogP contribution in [0.5, 0.6) is 0 Å². The van der Waals surface area contributed by atoms with Crippen molar-refractivity contribution in [2.45, 2.75) is 19.8 Å². The van der Waals surface area contributed by atoms with Gasteiger partial charge in [-0.25, -0.2) is 4.98 Å². The largest absolute Gasteiger partial charge is 0.354 e. The first-order valence-corrected chi connectivity index (χ1v) is 9.64. The SMILES string of the molecule is Cc1ccc(-c2cc(C(=O)NCCNC(=O)C3CC3)c3ccccc3n2)cc1. The summed E-state index contributed by atoms with van der Waals surface area (Å²) in [5.74, 6) is 0.106. The third kappa shape index (κ3) is 4.03. The van der Waals surface area contributed by atoms with Gasteiger partial charge in [0.15, 0.2) is 0 Å². The molecule has 0 unspecified atom stereocenters. The molecule has 0 atom stereocenters. The van der Waals surface area contributed by atoms with Crippen LogP contribution in [0.4, 0.5) is 0 Å². The second-order valence-corrected chi connectivity index (χ2v) is 7.26. The number of carbonyl (C=O) groups excluding carboxylic acids is 2. The van der Waals surface area contributed by atoms with Gasteiger partial charge in [0.1, 0.15) is 0 Å². The van der Waals surface area contributed by atoms with E-state index in [0.717, 1.165) is 35.0 Å². The molecular weight excluding hydrogens is 350 g/mol. The molecular formula is C23H23N3O2. The van der Waals surface area contributed by atoms with E-state index in [1.165, 1.54) is 5.56 Å². The summed E-state index contributed by atoms with van der Waals surface area (Å²) in [5.41, 5.74) is 4.30. The van der Waals surface area contributed by atoms with Crippen LogP contribution in [0.15, 0.2) is 54.6 Å². The molecule has 0 saturated heterocycles. The quantitative estimate of drug-likeness (QED) is 0.650. The molecule has 2 amide bonds. The zero-order valence-corrected chi connectivity index (χ0v) is 15.9. The van der Waals surface area contributed by atoms with Crippen LogP contribution >= 0.6 is 0 Å². The van der Waals surface area contributed by atoms with Gasteiger partial charge in [-0.15, -0.1) is 0 Å². The maximum atomic E-state index is 12.8. The fraction of sp³-hybridized carbons (Fsp3) is 0.261. The summed E-state index contributed by atoms with van der Waals surface area (Å²) in [5, 5.41) is 6.59. The summed E-state index contributed by atoms with van der Waals surface area (Å²) in [7, 11) is 0. The van der Waals surface area contributed by atoms with E-state index in [0.29, 0.717) is 18.7 Å². The summed E-state index contributed by atoms with van der Waals surface area (Å²) < 4.78 is 0. The van der Waals surface area contributed by atoms with Crippen molar-refractivity contribution in [3.63, 3.8) is 0 Å². The van der Waals surface area contributed by atoms with E-state index in [2.05, 4.69) is 10.6 Å². The lowest BCUT2D eigenvalue weighted by Gasteiger charge is -2.11. The molecule has 0 radical (unpaired) electrons. The standard InChI is InChI=1S/C23H23N3O2/c1-15-6-8-16(9-7-15)21-14-19(18-4-2-3-5-20(18)26-21)23(28)25-13-12-24-22(27)17-10-11-17/h2-9,14,17H,10-13H2,1H3,(H,24,27)(H,25,28). The number of hydrogen-bond donors (Lipinski definition) is 2. The van der Waals surface area contributed by atoms with Crippen molar-refractivity contribution in [1.82, 2.24) is 15.6 Å². The highest BCUT2D eigenvalue weighted by Gasteiger charge is 2.29. The second-order valence-electron chi connectivity index (χ2n) is 7.26. The highest BCUT2D eigenvalue weighted by Crippen LogP contribution is 2.28. The van der Waals surface area contributed by atoms with Crippen LogP contribution in [-0.4, -0.2) is 29.9 Å². The van der Waals surface area contributed by atoms with E-state index in [4.69, 9.17) is 4.98 Å². The Labute approximate surface area is 164 Å². The fourth-order valence-corrected chi connectivity index (χ4v) is 3.18. The third-order valence-electron chi connectivity index (χ3n) is 4.97. The first kappa shape index (κ1) is 18.2. The Bertz CT molecular complexity index is 1020. The van der Waals surface area contributed by atoms with Crippen molar-refractivity contribution < 1.29 is 9.59 Å². The zero-order valence-electron chi connectivity index (χ0n) is 15.9. The Balaban J connectivity index is 1.55. The van der Waals surface area contributed by atoms with Crippen molar-refractivity contribution in [2.24, 2.45) is 5.92 Å². The van der Waals surface area contributed by atoms with E-state index >= 15 is 0 Å². The average molecular weight is 373 g/mol. The second kappa shape index (κ2) is 7.80. The Morgan fingerprint density at radius 1 is 1.00 bits per heavy atom. The molecule has 1 saturated carbocycles. The van der Waals surface area contributed by atoms with Crippen LogP contribution in [0, 0.1) is 12.8 Å². The number of amides is 2. The molecule has 3 aromatic rings. The van der Waals surface area contributed by atoms with Gasteiger partial charge in [0.25, 0.3) is 5.91 Å². The van der Waals surface area contributed by atoms with Crippen LogP contribution < -0.4 is 10.6 Å². The van der Waals surface area contributed by atoms with Gasteiger partial charge in [0.05, 0.1) is 16.8 Å². The minimum atomic E-state index is -0.160. The summed E-state index contributed by atoms with van der Waals surface area (Å²) in [6, 6.07) is 17.6. The van der Waals surface area contributed by atoms with Crippen LogP contribution in [0.2, 0.25) is 0 Å². The molecule has 1 aromatic heterocycles. The van der Waals surface area contributed by atoms with Crippen molar-refractivity contribution in [3.05, 3.63) is 65.7 Å². The molecule has 1 aliphatic rings. The number of hydrogen-bond acceptors (Lipinski definition) is 3. The first-order chi connectivity index (χ1) is 13.6. The lowest BCUT2D eigenvalue weighted by atomic mass is 10.0. The van der Waals surface area contributed by atoms with E-state index in [-0.39, 0.29) is 17.7 Å². The number of rotatable bonds is 6. The number of nitrogens with one attached hydrogen (secondary N) is 2. The maximum absolute atomic E-state index is 12.8. The maximum Gasteiger partial charge on any atom is 0.252 e. The van der Waals surface area contributed by atoms with Gasteiger partial charge >= 0.3 is 0 Å². The number of aryl methyl sites for hydroxylation is 1. The number of nitrogens with zero attached hydrogens (tertiary/aromatic N) is 1. The summed E-state index contributed by atoms with van der Waals surface area (Å²) >= 11 is 0. The first-order valence-electron chi connectivity index (χ1n) is 9.64. The lowest BCUT2D eigenvalue weighted by Crippen LogP contribution is -2.35. The van der Waals surface area contributed by atoms with E-state index < -0.39 is 0 Å². The van der Waals surface area contributed by atoms with Gasteiger partial charge in [0, 0.05) is 30.0 Å². The molecule has 1 fully saturated rings. The highest BCUT2D eigenvalue weighted by molar-refractivity contribution is 6.07. The number of carbonyl (C=O) groups is 2. The van der Waals surface area contributed by atoms with Crippen molar-refractivity contribution in [1.29, 1.82) is 0 Å². The number of pyridine rings is 1. The van der Waals surface area contributed by atoms with E-state index in [1.54, 1.807) is 0 Å². The summed E-state index contributed by atoms with van der Waals surface area (Å²) in [6.45, 7) is 2.88. The molecule has 5 nitrogen and oxygen atoms in total. The Morgan fingerprint density at radius 2 is 1.71 bits per heavy atom. The fourth-order valence-electron chi connectivity index (χ4n) is 3.18. The van der Waals surface area contributed by atoms with Gasteiger partial charge in [-0.3, -0.25) is 9.59 Å². The Hall–Kier alpha value is -3.21. The average Bonchev–Trinajstić information content (AvgIpc) is 3.56. The lowest BCUT2D eigenvalue weighted by molar-refractivity contribution is -0.122. The number of para-hydroxylation sites is 1. The van der Waals surface area contributed by atoms with Gasteiger partial charge < -0.3 is 10.6 Å². The van der Waals surface area contributed by atoms with Crippen LogP contribution in [0.1, 0.15) is 28.8 Å². The monoisotopic (exact) mass is 373 g/mol. The highest BCUT2D eigenvalue weighted by atomic mass is 16.2. The minimum Gasteiger partial charge on any atom is -0.354 e. The predicted molar refractivity (Wildman–Crippen MR) is 110 cm³/mol. The van der Waals surface area contributed by atoms with Crippen LogP contribution in [0.25, 0.3) is 22.2 Å². The molecule has 4 rings (SSSR count). The summed E-state index contributed by atoms with van der Waals surface area (Å²) in [6.07, 6.45) is 1.95. The molecule has 1 heterocycles. The predicted octanol–water partition coefficient (Wildman–Crippen LogP) is 3.47. The molecule has 0 bridgehead atoms. The van der Waals surface area contributed by atoms with Crippen molar-refractivity contribution >= 4 is 22.7 Å². The van der Waals surface area contributed by atoms with Gasteiger partial charge in [-0.05, 0) is 31.9 Å². The van der Waals surface area contributed by atoms with Gasteiger partial charge in [-0.1, -0.05) is 48.0 Å². The summed E-state index contributed by atoms with van der Waals surface area (Å²) in [4.78, 5) is 29.3. The third-order valence-corrected chi connectivity index (χ3v) is 4.97. The molecule has 5 heteroatoms. The Morgan fingerprint density at radius 3 is 2.46 bits per heavy atom. The number of benzene rings is 2. The van der Waals surface area contributed by atoms with E-state index in [1.807, 2.05) is 61.5 Å². The molecule has 2 aromatic carbocycles. The molecule has 28 heavy (non-hydrogen) atoms. The van der Waals surface area contributed by atoms with Gasteiger partial charge in [0.2, 0.25) is 5.91 Å². The molecule has 0 aliphatic heterocycles. The minimum absolute atomic E-state index is 0.0882. The zero-order chi connectivity index (χ0) is 19.5. The number of aromatic nitrogens is 1. The number of fused-ring (bicyclic) bond motifs is 1. The Kier molecular flexibility index (Phi) is 5.06. The van der Waals surface area contributed by atoms with Crippen LogP contribution in [-0.2, 0) is 4.79 Å². The van der Waals surface area contributed by atoms with Crippen molar-refractivity contribution in [2.75, 3.05) is 13.1 Å². The van der Waals surface area contributed by atoms with Gasteiger partial charge in [-0.2, -0.15) is 0 Å². The molecule has 142 valence electrons. The smallest absolute Gasteiger partial charge is 0.252 e. The topological polar surface area (TPSA) is 71.1 Å². The molecule has 1 aliphatic carbocycles.